The molecule has 20 heavy (non-hydrogen) atoms. The molecule has 0 radical (unpaired) electrons. The van der Waals surface area contributed by atoms with Gasteiger partial charge >= 0.3 is 6.09 Å². The third kappa shape index (κ3) is 4.53. The van der Waals surface area contributed by atoms with Gasteiger partial charge in [-0.25, -0.2) is 4.79 Å². The Morgan fingerprint density at radius 1 is 1.30 bits per heavy atom. The van der Waals surface area contributed by atoms with E-state index < -0.39 is 0 Å². The fraction of sp³-hybridized carbons (Fsp3) is 0.562. The van der Waals surface area contributed by atoms with Crippen molar-refractivity contribution in [1.29, 1.82) is 0 Å². The SMILES string of the molecule is CCCN(CC)C(=O)Oc1cccc([C@H](C)N(C)C)c1. The molecule has 0 spiro atoms. The molecule has 0 bridgehead atoms. The molecule has 0 aliphatic heterocycles. The first kappa shape index (κ1) is 16.5. The minimum atomic E-state index is -0.274. The lowest BCUT2D eigenvalue weighted by Gasteiger charge is -2.22. The number of hydrogen-bond donors (Lipinski definition) is 0. The molecule has 4 nitrogen and oxygen atoms in total. The summed E-state index contributed by atoms with van der Waals surface area (Å²) in [7, 11) is 4.06. The van der Waals surface area contributed by atoms with Crippen molar-refractivity contribution in [2.24, 2.45) is 0 Å². The monoisotopic (exact) mass is 278 g/mol. The third-order valence-corrected chi connectivity index (χ3v) is 3.45. The van der Waals surface area contributed by atoms with Crippen LogP contribution in [0.5, 0.6) is 5.75 Å². The largest absolute Gasteiger partial charge is 0.415 e. The molecule has 1 aromatic rings. The number of rotatable bonds is 6. The highest BCUT2D eigenvalue weighted by Gasteiger charge is 2.14. The number of carbonyl (C=O) groups excluding carboxylic acids is 1. The van der Waals surface area contributed by atoms with Crippen LogP contribution in [0, 0.1) is 0 Å². The predicted octanol–water partition coefficient (Wildman–Crippen LogP) is 3.54. The maximum Gasteiger partial charge on any atom is 0.415 e. The maximum atomic E-state index is 12.0. The lowest BCUT2D eigenvalue weighted by atomic mass is 10.1. The van der Waals surface area contributed by atoms with Gasteiger partial charge in [0.15, 0.2) is 0 Å². The van der Waals surface area contributed by atoms with E-state index in [1.807, 2.05) is 45.3 Å². The van der Waals surface area contributed by atoms with Gasteiger partial charge in [0, 0.05) is 19.1 Å². The molecule has 1 rings (SSSR count). The fourth-order valence-electron chi connectivity index (χ4n) is 1.95. The van der Waals surface area contributed by atoms with E-state index in [9.17, 15) is 4.79 Å². The highest BCUT2D eigenvalue weighted by Crippen LogP contribution is 2.22. The summed E-state index contributed by atoms with van der Waals surface area (Å²) >= 11 is 0. The standard InChI is InChI=1S/C16H26N2O2/c1-6-11-18(7-2)16(19)20-15-10-8-9-14(12-15)13(3)17(4)5/h8-10,12-13H,6-7,11H2,1-5H3/t13-/m0/s1. The summed E-state index contributed by atoms with van der Waals surface area (Å²) in [4.78, 5) is 15.9. The Morgan fingerprint density at radius 2 is 2.00 bits per heavy atom. The average molecular weight is 278 g/mol. The van der Waals surface area contributed by atoms with Crippen molar-refractivity contribution >= 4 is 6.09 Å². The molecular formula is C16H26N2O2. The molecular weight excluding hydrogens is 252 g/mol. The molecule has 0 aliphatic carbocycles. The van der Waals surface area contributed by atoms with Crippen molar-refractivity contribution in [3.05, 3.63) is 29.8 Å². The molecule has 112 valence electrons. The van der Waals surface area contributed by atoms with Gasteiger partial charge in [0.05, 0.1) is 0 Å². The molecule has 0 aliphatic rings. The Bertz CT molecular complexity index is 432. The summed E-state index contributed by atoms with van der Waals surface area (Å²) in [6.07, 6.45) is 0.657. The Kier molecular flexibility index (Phi) is 6.52. The van der Waals surface area contributed by atoms with Crippen LogP contribution in [0.15, 0.2) is 24.3 Å². The highest BCUT2D eigenvalue weighted by molar-refractivity contribution is 5.70. The molecule has 0 saturated carbocycles. The second kappa shape index (κ2) is 7.90. The Labute approximate surface area is 122 Å². The van der Waals surface area contributed by atoms with Crippen LogP contribution >= 0.6 is 0 Å². The zero-order chi connectivity index (χ0) is 15.1. The van der Waals surface area contributed by atoms with E-state index in [1.165, 1.54) is 0 Å². The normalized spacial score (nSPS) is 12.3. The van der Waals surface area contributed by atoms with Crippen molar-refractivity contribution in [3.63, 3.8) is 0 Å². The van der Waals surface area contributed by atoms with E-state index in [2.05, 4.69) is 18.7 Å². The highest BCUT2D eigenvalue weighted by atomic mass is 16.6. The number of carbonyl (C=O) groups is 1. The van der Waals surface area contributed by atoms with E-state index in [0.717, 1.165) is 18.5 Å². The van der Waals surface area contributed by atoms with Crippen LogP contribution in [0.4, 0.5) is 4.79 Å². The van der Waals surface area contributed by atoms with Crippen molar-refractivity contribution in [3.8, 4) is 5.75 Å². The predicted molar refractivity (Wildman–Crippen MR) is 82.1 cm³/mol. The first-order valence-corrected chi connectivity index (χ1v) is 7.22. The van der Waals surface area contributed by atoms with Crippen LogP contribution in [-0.4, -0.2) is 43.1 Å². The van der Waals surface area contributed by atoms with Crippen LogP contribution in [0.25, 0.3) is 0 Å². The van der Waals surface area contributed by atoms with Gasteiger partial charge in [-0.05, 0) is 52.1 Å². The van der Waals surface area contributed by atoms with Gasteiger partial charge in [-0.3, -0.25) is 0 Å². The molecule has 0 heterocycles. The molecule has 1 amide bonds. The number of amides is 1. The summed E-state index contributed by atoms with van der Waals surface area (Å²) in [5.41, 5.74) is 1.14. The first-order valence-electron chi connectivity index (χ1n) is 7.22. The molecule has 1 aromatic carbocycles. The van der Waals surface area contributed by atoms with E-state index in [0.29, 0.717) is 12.3 Å². The minimum absolute atomic E-state index is 0.274. The number of benzene rings is 1. The molecule has 0 fully saturated rings. The van der Waals surface area contributed by atoms with Crippen LogP contribution in [0.2, 0.25) is 0 Å². The van der Waals surface area contributed by atoms with Crippen molar-refractivity contribution in [1.82, 2.24) is 9.80 Å². The van der Waals surface area contributed by atoms with Gasteiger partial charge in [-0.2, -0.15) is 0 Å². The maximum absolute atomic E-state index is 12.0. The molecule has 0 N–H and O–H groups in total. The molecule has 0 aromatic heterocycles. The lowest BCUT2D eigenvalue weighted by molar-refractivity contribution is 0.154. The summed E-state index contributed by atoms with van der Waals surface area (Å²) < 4.78 is 5.46. The number of hydrogen-bond acceptors (Lipinski definition) is 3. The second-order valence-electron chi connectivity index (χ2n) is 5.16. The van der Waals surface area contributed by atoms with E-state index >= 15 is 0 Å². The quantitative estimate of drug-likeness (QED) is 0.798. The first-order chi connectivity index (χ1) is 9.49. The molecule has 0 unspecified atom stereocenters. The van der Waals surface area contributed by atoms with Gasteiger partial charge in [-0.15, -0.1) is 0 Å². The zero-order valence-electron chi connectivity index (χ0n) is 13.2. The van der Waals surface area contributed by atoms with Gasteiger partial charge in [-0.1, -0.05) is 19.1 Å². The zero-order valence-corrected chi connectivity index (χ0v) is 13.2. The van der Waals surface area contributed by atoms with E-state index in [4.69, 9.17) is 4.74 Å². The van der Waals surface area contributed by atoms with Gasteiger partial charge in [0.2, 0.25) is 0 Å². The smallest absolute Gasteiger partial charge is 0.410 e. The van der Waals surface area contributed by atoms with E-state index in [-0.39, 0.29) is 12.1 Å². The lowest BCUT2D eigenvalue weighted by Crippen LogP contribution is -2.34. The average Bonchev–Trinajstić information content (AvgIpc) is 2.43. The van der Waals surface area contributed by atoms with Gasteiger partial charge in [0.1, 0.15) is 5.75 Å². The molecule has 4 heteroatoms. The number of ether oxygens (including phenoxy) is 1. The second-order valence-corrected chi connectivity index (χ2v) is 5.16. The van der Waals surface area contributed by atoms with Crippen LogP contribution in [-0.2, 0) is 0 Å². The Morgan fingerprint density at radius 3 is 2.55 bits per heavy atom. The van der Waals surface area contributed by atoms with Crippen molar-refractivity contribution in [2.45, 2.75) is 33.2 Å². The summed E-state index contributed by atoms with van der Waals surface area (Å²) in [6.45, 7) is 7.52. The summed E-state index contributed by atoms with van der Waals surface area (Å²) in [5.74, 6) is 0.607. The topological polar surface area (TPSA) is 32.8 Å². The number of nitrogens with zero attached hydrogens (tertiary/aromatic N) is 2. The van der Waals surface area contributed by atoms with Gasteiger partial charge in [0.25, 0.3) is 0 Å². The summed E-state index contributed by atoms with van der Waals surface area (Å²) in [6, 6.07) is 8.01. The minimum Gasteiger partial charge on any atom is -0.410 e. The molecule has 1 atom stereocenters. The Hall–Kier alpha value is -1.55. The van der Waals surface area contributed by atoms with Crippen LogP contribution in [0.1, 0.15) is 38.8 Å². The van der Waals surface area contributed by atoms with E-state index in [1.54, 1.807) is 4.90 Å². The van der Waals surface area contributed by atoms with Gasteiger partial charge < -0.3 is 14.5 Å². The van der Waals surface area contributed by atoms with Crippen molar-refractivity contribution in [2.75, 3.05) is 27.2 Å². The van der Waals surface area contributed by atoms with Crippen molar-refractivity contribution < 1.29 is 9.53 Å². The van der Waals surface area contributed by atoms with Crippen LogP contribution in [0.3, 0.4) is 0 Å². The molecule has 0 saturated heterocycles. The van der Waals surface area contributed by atoms with Crippen LogP contribution < -0.4 is 4.74 Å². The third-order valence-electron chi connectivity index (χ3n) is 3.45. The Balaban J connectivity index is 2.77. The summed E-state index contributed by atoms with van der Waals surface area (Å²) in [5, 5.41) is 0. The fourth-order valence-corrected chi connectivity index (χ4v) is 1.95.